The number of methoxy groups -OCH3 is 2. The molecule has 2 heterocycles. The molecule has 5 rings (SSSR count). The number of hydrogen-bond donors (Lipinski definition) is 0. The first kappa shape index (κ1) is 29.2. The third-order valence-electron chi connectivity index (χ3n) is 6.72. The van der Waals surface area contributed by atoms with Crippen molar-refractivity contribution < 1.29 is 23.7 Å². The van der Waals surface area contributed by atoms with Gasteiger partial charge in [-0.2, -0.15) is 0 Å². The smallest absolute Gasteiger partial charge is 0.338 e. The van der Waals surface area contributed by atoms with Crippen molar-refractivity contribution in [3.8, 4) is 17.2 Å². The Kier molecular flexibility index (Phi) is 8.80. The van der Waals surface area contributed by atoms with Crippen LogP contribution in [0.4, 0.5) is 0 Å². The van der Waals surface area contributed by atoms with E-state index >= 15 is 0 Å². The van der Waals surface area contributed by atoms with Gasteiger partial charge in [0, 0.05) is 5.02 Å². The maximum atomic E-state index is 13.9. The molecule has 0 bridgehead atoms. The molecule has 0 radical (unpaired) electrons. The number of carbonyl (C=O) groups is 1. The quantitative estimate of drug-likeness (QED) is 0.249. The molecule has 216 valence electrons. The highest BCUT2D eigenvalue weighted by molar-refractivity contribution is 7.07. The summed E-state index contributed by atoms with van der Waals surface area (Å²) >= 11 is 7.23. The Labute approximate surface area is 251 Å². The molecule has 0 fully saturated rings. The third kappa shape index (κ3) is 5.98. The van der Waals surface area contributed by atoms with E-state index in [1.165, 1.54) is 11.3 Å². The molecule has 1 aliphatic rings. The Balaban J connectivity index is 1.55. The minimum absolute atomic E-state index is 0.201. The van der Waals surface area contributed by atoms with Gasteiger partial charge in [0.2, 0.25) is 0 Å². The van der Waals surface area contributed by atoms with Crippen molar-refractivity contribution in [2.45, 2.75) is 26.5 Å². The lowest BCUT2D eigenvalue weighted by Crippen LogP contribution is -2.39. The van der Waals surface area contributed by atoms with Gasteiger partial charge in [0.15, 0.2) is 16.3 Å². The van der Waals surface area contributed by atoms with Crippen molar-refractivity contribution in [1.82, 2.24) is 4.57 Å². The molecule has 8 nitrogen and oxygen atoms in total. The number of esters is 1. The monoisotopic (exact) mass is 604 g/mol. The van der Waals surface area contributed by atoms with Gasteiger partial charge in [-0.05, 0) is 73.0 Å². The van der Waals surface area contributed by atoms with Crippen LogP contribution in [0.15, 0.2) is 87.8 Å². The molecular formula is C32H29ClN2O6S. The maximum Gasteiger partial charge on any atom is 0.338 e. The van der Waals surface area contributed by atoms with E-state index in [9.17, 15) is 9.59 Å². The van der Waals surface area contributed by atoms with Crippen LogP contribution in [-0.4, -0.2) is 31.4 Å². The van der Waals surface area contributed by atoms with E-state index in [4.69, 9.17) is 30.5 Å². The number of benzene rings is 3. The number of thiazole rings is 1. The molecule has 1 atom stereocenters. The van der Waals surface area contributed by atoms with Crippen molar-refractivity contribution in [2.24, 2.45) is 4.99 Å². The first-order valence-electron chi connectivity index (χ1n) is 13.2. The number of nitrogens with zero attached hydrogens (tertiary/aromatic N) is 2. The molecular weight excluding hydrogens is 576 g/mol. The molecule has 1 aromatic heterocycles. The molecule has 1 aliphatic heterocycles. The Hall–Kier alpha value is -4.34. The number of hydrogen-bond acceptors (Lipinski definition) is 8. The van der Waals surface area contributed by atoms with Gasteiger partial charge < -0.3 is 18.9 Å². The average molecular weight is 605 g/mol. The molecule has 1 unspecified atom stereocenters. The standard InChI is InChI=1S/C32H29ClN2O6S/c1-5-40-31(37)28-19(2)34-32-35(29(28)22-7-6-8-24(17-22)38-3)30(36)27(42-32)16-21-11-14-25(26(15-21)39-4)41-18-20-9-12-23(33)13-10-20/h6-17,29H,5,18H2,1-4H3/b27-16-. The summed E-state index contributed by atoms with van der Waals surface area (Å²) in [5, 5.41) is 0.660. The average Bonchev–Trinajstić information content (AvgIpc) is 3.30. The predicted molar refractivity (Wildman–Crippen MR) is 162 cm³/mol. The van der Waals surface area contributed by atoms with Gasteiger partial charge in [-0.1, -0.05) is 53.3 Å². The van der Waals surface area contributed by atoms with Gasteiger partial charge in [-0.3, -0.25) is 9.36 Å². The van der Waals surface area contributed by atoms with Crippen LogP contribution in [0.3, 0.4) is 0 Å². The summed E-state index contributed by atoms with van der Waals surface area (Å²) in [7, 11) is 3.14. The van der Waals surface area contributed by atoms with Gasteiger partial charge in [0.1, 0.15) is 12.4 Å². The van der Waals surface area contributed by atoms with Crippen molar-refractivity contribution in [3.63, 3.8) is 0 Å². The van der Waals surface area contributed by atoms with Crippen LogP contribution >= 0.6 is 22.9 Å². The van der Waals surface area contributed by atoms with E-state index in [1.54, 1.807) is 44.8 Å². The fraction of sp³-hybridized carbons (Fsp3) is 0.219. The van der Waals surface area contributed by atoms with E-state index in [0.29, 0.717) is 55.0 Å². The van der Waals surface area contributed by atoms with Crippen LogP contribution in [0.25, 0.3) is 6.08 Å². The molecule has 0 N–H and O–H groups in total. The second-order valence-corrected chi connectivity index (χ2v) is 10.8. The van der Waals surface area contributed by atoms with Gasteiger partial charge in [0.05, 0.1) is 42.7 Å². The number of allylic oxidation sites excluding steroid dienone is 1. The largest absolute Gasteiger partial charge is 0.497 e. The number of halogens is 1. The summed E-state index contributed by atoms with van der Waals surface area (Å²) in [6, 6.07) is 19.5. The van der Waals surface area contributed by atoms with E-state index in [-0.39, 0.29) is 12.2 Å². The lowest BCUT2D eigenvalue weighted by atomic mass is 9.95. The van der Waals surface area contributed by atoms with Crippen LogP contribution in [0, 0.1) is 0 Å². The van der Waals surface area contributed by atoms with Crippen molar-refractivity contribution in [1.29, 1.82) is 0 Å². The molecule has 10 heteroatoms. The fourth-order valence-corrected chi connectivity index (χ4v) is 5.88. The van der Waals surface area contributed by atoms with Crippen LogP contribution in [-0.2, 0) is 16.1 Å². The molecule has 42 heavy (non-hydrogen) atoms. The molecule has 0 amide bonds. The summed E-state index contributed by atoms with van der Waals surface area (Å²) in [6.07, 6.45) is 1.78. The Bertz CT molecular complexity index is 1840. The van der Waals surface area contributed by atoms with E-state index < -0.39 is 12.0 Å². The van der Waals surface area contributed by atoms with E-state index in [0.717, 1.165) is 11.1 Å². The summed E-state index contributed by atoms with van der Waals surface area (Å²) < 4.78 is 24.4. The van der Waals surface area contributed by atoms with E-state index in [2.05, 4.69) is 4.99 Å². The first-order chi connectivity index (χ1) is 20.3. The third-order valence-corrected chi connectivity index (χ3v) is 7.95. The van der Waals surface area contributed by atoms with Gasteiger partial charge >= 0.3 is 5.97 Å². The van der Waals surface area contributed by atoms with Gasteiger partial charge in [-0.15, -0.1) is 0 Å². The van der Waals surface area contributed by atoms with E-state index in [1.807, 2.05) is 60.7 Å². The SMILES string of the molecule is CCOC(=O)C1=C(C)N=c2s/c(=C\c3ccc(OCc4ccc(Cl)cc4)c(OC)c3)c(=O)n2C1c1cccc(OC)c1. The number of rotatable bonds is 9. The summed E-state index contributed by atoms with van der Waals surface area (Å²) in [6.45, 7) is 4.04. The minimum Gasteiger partial charge on any atom is -0.497 e. The maximum absolute atomic E-state index is 13.9. The zero-order chi connectivity index (χ0) is 29.8. The highest BCUT2D eigenvalue weighted by Gasteiger charge is 2.33. The van der Waals surface area contributed by atoms with Crippen LogP contribution < -0.4 is 29.1 Å². The number of carbonyl (C=O) groups excluding carboxylic acids is 1. The Morgan fingerprint density at radius 2 is 1.83 bits per heavy atom. The predicted octanol–water partition coefficient (Wildman–Crippen LogP) is 5.05. The number of fused-ring (bicyclic) bond motifs is 1. The molecule has 0 saturated heterocycles. The second-order valence-electron chi connectivity index (χ2n) is 9.40. The highest BCUT2D eigenvalue weighted by Crippen LogP contribution is 2.33. The highest BCUT2D eigenvalue weighted by atomic mass is 35.5. The normalized spacial score (nSPS) is 14.7. The number of ether oxygens (including phenoxy) is 4. The summed E-state index contributed by atoms with van der Waals surface area (Å²) in [4.78, 5) is 32.1. The lowest BCUT2D eigenvalue weighted by molar-refractivity contribution is -0.139. The molecule has 4 aromatic rings. The molecule has 0 saturated carbocycles. The minimum atomic E-state index is -0.726. The van der Waals surface area contributed by atoms with Crippen molar-refractivity contribution in [2.75, 3.05) is 20.8 Å². The van der Waals surface area contributed by atoms with Gasteiger partial charge in [-0.25, -0.2) is 9.79 Å². The van der Waals surface area contributed by atoms with Crippen LogP contribution in [0.5, 0.6) is 17.2 Å². The van der Waals surface area contributed by atoms with Crippen molar-refractivity contribution >= 4 is 35.0 Å². The Morgan fingerprint density at radius 3 is 2.55 bits per heavy atom. The summed E-state index contributed by atoms with van der Waals surface area (Å²) in [5.74, 6) is 1.19. The molecule has 0 aliphatic carbocycles. The fourth-order valence-electron chi connectivity index (χ4n) is 4.70. The number of aromatic nitrogens is 1. The van der Waals surface area contributed by atoms with Crippen LogP contribution in [0.2, 0.25) is 5.02 Å². The lowest BCUT2D eigenvalue weighted by Gasteiger charge is -2.25. The van der Waals surface area contributed by atoms with Gasteiger partial charge in [0.25, 0.3) is 5.56 Å². The molecule has 3 aromatic carbocycles. The summed E-state index contributed by atoms with van der Waals surface area (Å²) in [5.41, 5.74) is 2.96. The zero-order valence-corrected chi connectivity index (χ0v) is 25.1. The zero-order valence-electron chi connectivity index (χ0n) is 23.5. The molecule has 0 spiro atoms. The second kappa shape index (κ2) is 12.7. The topological polar surface area (TPSA) is 88.4 Å². The van der Waals surface area contributed by atoms with Crippen molar-refractivity contribution in [3.05, 3.63) is 119 Å². The first-order valence-corrected chi connectivity index (χ1v) is 14.4. The van der Waals surface area contributed by atoms with Crippen LogP contribution in [0.1, 0.15) is 36.6 Å². The Morgan fingerprint density at radius 1 is 1.05 bits per heavy atom.